The van der Waals surface area contributed by atoms with E-state index in [1.165, 1.54) is 18.4 Å². The van der Waals surface area contributed by atoms with Crippen LogP contribution in [0.5, 0.6) is 0 Å². The Hall–Kier alpha value is -0.860. The Morgan fingerprint density at radius 3 is 2.44 bits per heavy atom. The van der Waals surface area contributed by atoms with Crippen LogP contribution >= 0.6 is 0 Å². The van der Waals surface area contributed by atoms with E-state index < -0.39 is 0 Å². The molecular weight excluding hydrogens is 200 g/mol. The molecule has 3 rings (SSSR count). The predicted octanol–water partition coefficient (Wildman–Crippen LogP) is 3.25. The van der Waals surface area contributed by atoms with Crippen molar-refractivity contribution in [2.75, 3.05) is 0 Å². The second-order valence-electron chi connectivity index (χ2n) is 4.72. The standard InChI is InChI=1S/C14H17O2/c1-11-13(12-7-3-2-4-8-12)16-14(15-11)9-5-6-10-14/h2-4,7-8,11,13H,1,5-6,9-10H2/t11-,13+/m0/s1. The maximum absolute atomic E-state index is 6.12. The number of hydrogen-bond donors (Lipinski definition) is 0. The van der Waals surface area contributed by atoms with Gasteiger partial charge in [-0.1, -0.05) is 30.3 Å². The van der Waals surface area contributed by atoms with Crippen molar-refractivity contribution in [3.05, 3.63) is 42.8 Å². The maximum atomic E-state index is 6.12. The van der Waals surface area contributed by atoms with Gasteiger partial charge in [-0.15, -0.1) is 0 Å². The fraction of sp³-hybridized carbons (Fsp3) is 0.500. The highest BCUT2D eigenvalue weighted by Gasteiger charge is 2.47. The quantitative estimate of drug-likeness (QED) is 0.719. The molecule has 1 saturated heterocycles. The predicted molar refractivity (Wildman–Crippen MR) is 61.7 cm³/mol. The summed E-state index contributed by atoms with van der Waals surface area (Å²) in [5.41, 5.74) is 1.17. The highest BCUT2D eigenvalue weighted by Crippen LogP contribution is 2.46. The Balaban J connectivity index is 1.83. The van der Waals surface area contributed by atoms with Crippen molar-refractivity contribution >= 4 is 0 Å². The lowest BCUT2D eigenvalue weighted by molar-refractivity contribution is -0.167. The smallest absolute Gasteiger partial charge is 0.169 e. The molecule has 2 heteroatoms. The van der Waals surface area contributed by atoms with Crippen molar-refractivity contribution in [1.82, 2.24) is 0 Å². The second kappa shape index (κ2) is 3.86. The van der Waals surface area contributed by atoms with E-state index in [1.54, 1.807) is 0 Å². The van der Waals surface area contributed by atoms with Crippen LogP contribution in [0.4, 0.5) is 0 Å². The summed E-state index contributed by atoms with van der Waals surface area (Å²) in [7, 11) is 0. The molecule has 0 amide bonds. The van der Waals surface area contributed by atoms with Gasteiger partial charge in [0, 0.05) is 12.8 Å². The summed E-state index contributed by atoms with van der Waals surface area (Å²) in [4.78, 5) is 0. The van der Waals surface area contributed by atoms with Crippen LogP contribution in [0.25, 0.3) is 0 Å². The van der Waals surface area contributed by atoms with Gasteiger partial charge in [-0.05, 0) is 25.3 Å². The second-order valence-corrected chi connectivity index (χ2v) is 4.72. The molecule has 0 N–H and O–H groups in total. The summed E-state index contributed by atoms with van der Waals surface area (Å²) in [5.74, 6) is -0.326. The first kappa shape index (κ1) is 10.3. The minimum Gasteiger partial charge on any atom is -0.344 e. The van der Waals surface area contributed by atoms with Gasteiger partial charge in [0.1, 0.15) is 6.10 Å². The molecular formula is C14H17O2. The van der Waals surface area contributed by atoms with E-state index in [0.717, 1.165) is 12.8 Å². The average Bonchev–Trinajstić information content (AvgIpc) is 2.88. The molecule has 85 valence electrons. The van der Waals surface area contributed by atoms with Crippen LogP contribution < -0.4 is 0 Å². The van der Waals surface area contributed by atoms with Gasteiger partial charge >= 0.3 is 0 Å². The lowest BCUT2D eigenvalue weighted by Crippen LogP contribution is -2.26. The zero-order chi connectivity index (χ0) is 11.0. The minimum absolute atomic E-state index is 0.000648. The lowest BCUT2D eigenvalue weighted by atomic mass is 10.1. The molecule has 0 bridgehead atoms. The van der Waals surface area contributed by atoms with E-state index in [4.69, 9.17) is 9.47 Å². The fourth-order valence-corrected chi connectivity index (χ4v) is 2.75. The van der Waals surface area contributed by atoms with Gasteiger partial charge in [-0.2, -0.15) is 0 Å². The Labute approximate surface area is 96.6 Å². The van der Waals surface area contributed by atoms with E-state index in [9.17, 15) is 0 Å². The summed E-state index contributed by atoms with van der Waals surface area (Å²) in [6.45, 7) is 4.07. The topological polar surface area (TPSA) is 18.5 Å². The van der Waals surface area contributed by atoms with E-state index in [1.807, 2.05) is 18.2 Å². The number of ether oxygens (including phenoxy) is 2. The molecule has 1 spiro atoms. The van der Waals surface area contributed by atoms with Crippen LogP contribution in [0.15, 0.2) is 30.3 Å². The van der Waals surface area contributed by atoms with Gasteiger partial charge in [0.15, 0.2) is 5.79 Å². The van der Waals surface area contributed by atoms with Gasteiger partial charge in [-0.3, -0.25) is 0 Å². The summed E-state index contributed by atoms with van der Waals surface area (Å²) < 4.78 is 12.1. The Bertz CT molecular complexity index is 354. The van der Waals surface area contributed by atoms with Crippen molar-refractivity contribution in [2.24, 2.45) is 0 Å². The van der Waals surface area contributed by atoms with Crippen molar-refractivity contribution < 1.29 is 9.47 Å². The average molecular weight is 217 g/mol. The van der Waals surface area contributed by atoms with Crippen molar-refractivity contribution in [3.63, 3.8) is 0 Å². The van der Waals surface area contributed by atoms with Gasteiger partial charge in [-0.25, -0.2) is 0 Å². The summed E-state index contributed by atoms with van der Waals surface area (Å²) in [5, 5.41) is 0. The molecule has 1 radical (unpaired) electrons. The molecule has 2 atom stereocenters. The highest BCUT2D eigenvalue weighted by molar-refractivity contribution is 5.20. The molecule has 1 heterocycles. The summed E-state index contributed by atoms with van der Waals surface area (Å²) in [6.07, 6.45) is 4.35. The van der Waals surface area contributed by atoms with Gasteiger partial charge in [0.2, 0.25) is 0 Å². The molecule has 2 aliphatic rings. The maximum Gasteiger partial charge on any atom is 0.169 e. The normalized spacial score (nSPS) is 32.3. The first-order chi connectivity index (χ1) is 7.79. The lowest BCUT2D eigenvalue weighted by Gasteiger charge is -2.21. The third-order valence-corrected chi connectivity index (χ3v) is 3.54. The van der Waals surface area contributed by atoms with Crippen LogP contribution in [-0.4, -0.2) is 11.9 Å². The van der Waals surface area contributed by atoms with Crippen molar-refractivity contribution in [2.45, 2.75) is 43.7 Å². The third-order valence-electron chi connectivity index (χ3n) is 3.54. The van der Waals surface area contributed by atoms with E-state index in [2.05, 4.69) is 19.1 Å². The molecule has 1 aromatic carbocycles. The van der Waals surface area contributed by atoms with Gasteiger partial charge < -0.3 is 9.47 Å². The zero-order valence-corrected chi connectivity index (χ0v) is 9.39. The number of rotatable bonds is 1. The SMILES string of the molecule is [CH2][C@@H]1OC2(CCCC2)O[C@H]1c1ccccc1. The Kier molecular flexibility index (Phi) is 2.49. The molecule has 1 aliphatic heterocycles. The largest absolute Gasteiger partial charge is 0.344 e. The fourth-order valence-electron chi connectivity index (χ4n) is 2.75. The van der Waals surface area contributed by atoms with E-state index >= 15 is 0 Å². The van der Waals surface area contributed by atoms with E-state index in [0.29, 0.717) is 0 Å². The molecule has 2 fully saturated rings. The zero-order valence-electron chi connectivity index (χ0n) is 9.39. The van der Waals surface area contributed by atoms with Crippen LogP contribution in [0.3, 0.4) is 0 Å². The first-order valence-corrected chi connectivity index (χ1v) is 6.03. The first-order valence-electron chi connectivity index (χ1n) is 6.03. The molecule has 0 aromatic heterocycles. The number of benzene rings is 1. The molecule has 1 aromatic rings. The third kappa shape index (κ3) is 1.66. The highest BCUT2D eigenvalue weighted by atomic mass is 16.8. The van der Waals surface area contributed by atoms with Crippen LogP contribution in [-0.2, 0) is 9.47 Å². The van der Waals surface area contributed by atoms with Crippen molar-refractivity contribution in [3.8, 4) is 0 Å². The van der Waals surface area contributed by atoms with Crippen molar-refractivity contribution in [1.29, 1.82) is 0 Å². The molecule has 16 heavy (non-hydrogen) atoms. The molecule has 2 nitrogen and oxygen atoms in total. The summed E-state index contributed by atoms with van der Waals surface area (Å²) in [6, 6.07) is 10.2. The van der Waals surface area contributed by atoms with Gasteiger partial charge in [0.25, 0.3) is 0 Å². The van der Waals surface area contributed by atoms with Crippen LogP contribution in [0.1, 0.15) is 37.4 Å². The van der Waals surface area contributed by atoms with Gasteiger partial charge in [0.05, 0.1) is 6.10 Å². The van der Waals surface area contributed by atoms with Crippen LogP contribution in [0, 0.1) is 6.92 Å². The number of hydrogen-bond acceptors (Lipinski definition) is 2. The molecule has 1 saturated carbocycles. The van der Waals surface area contributed by atoms with E-state index in [-0.39, 0.29) is 18.0 Å². The Morgan fingerprint density at radius 2 is 1.75 bits per heavy atom. The Morgan fingerprint density at radius 1 is 1.06 bits per heavy atom. The minimum atomic E-state index is -0.326. The molecule has 0 unspecified atom stereocenters. The monoisotopic (exact) mass is 217 g/mol. The summed E-state index contributed by atoms with van der Waals surface area (Å²) >= 11 is 0. The molecule has 1 aliphatic carbocycles. The van der Waals surface area contributed by atoms with Crippen LogP contribution in [0.2, 0.25) is 0 Å².